The number of aromatic nitrogens is 2. The Morgan fingerprint density at radius 3 is 3.20 bits per heavy atom. The second-order valence-electron chi connectivity index (χ2n) is 5.58. The SMILES string of the molecule is Cc1cc(CC[C@H]2CCCN2Cc2cncs2)ccn1. The Hall–Kier alpha value is -1.26. The lowest BCUT2D eigenvalue weighted by Crippen LogP contribution is -2.29. The molecule has 0 spiro atoms. The van der Waals surface area contributed by atoms with E-state index in [0.29, 0.717) is 0 Å². The van der Waals surface area contributed by atoms with E-state index in [1.165, 1.54) is 36.2 Å². The van der Waals surface area contributed by atoms with Crippen molar-refractivity contribution in [3.63, 3.8) is 0 Å². The minimum Gasteiger partial charge on any atom is -0.295 e. The van der Waals surface area contributed by atoms with Crippen LogP contribution in [0.1, 0.15) is 35.4 Å². The lowest BCUT2D eigenvalue weighted by molar-refractivity contribution is 0.236. The molecule has 0 aliphatic carbocycles. The van der Waals surface area contributed by atoms with E-state index in [1.54, 1.807) is 11.3 Å². The van der Waals surface area contributed by atoms with Crippen LogP contribution < -0.4 is 0 Å². The predicted molar refractivity (Wildman–Crippen MR) is 82.8 cm³/mol. The molecule has 20 heavy (non-hydrogen) atoms. The fourth-order valence-corrected chi connectivity index (χ4v) is 3.66. The van der Waals surface area contributed by atoms with Gasteiger partial charge in [0.25, 0.3) is 0 Å². The zero-order valence-corrected chi connectivity index (χ0v) is 12.8. The van der Waals surface area contributed by atoms with Crippen molar-refractivity contribution in [3.05, 3.63) is 46.2 Å². The van der Waals surface area contributed by atoms with Gasteiger partial charge in [-0.1, -0.05) is 0 Å². The van der Waals surface area contributed by atoms with Gasteiger partial charge in [0.15, 0.2) is 0 Å². The highest BCUT2D eigenvalue weighted by molar-refractivity contribution is 7.09. The third kappa shape index (κ3) is 3.44. The molecule has 0 amide bonds. The van der Waals surface area contributed by atoms with E-state index in [4.69, 9.17) is 0 Å². The van der Waals surface area contributed by atoms with Crippen LogP contribution in [0.3, 0.4) is 0 Å². The van der Waals surface area contributed by atoms with Crippen LogP contribution in [0, 0.1) is 6.92 Å². The summed E-state index contributed by atoms with van der Waals surface area (Å²) >= 11 is 1.77. The summed E-state index contributed by atoms with van der Waals surface area (Å²) in [4.78, 5) is 12.5. The van der Waals surface area contributed by atoms with Gasteiger partial charge in [0.2, 0.25) is 0 Å². The Kier molecular flexibility index (Phi) is 4.43. The molecule has 1 aliphatic heterocycles. The first-order valence-corrected chi connectivity index (χ1v) is 8.22. The zero-order valence-electron chi connectivity index (χ0n) is 12.0. The van der Waals surface area contributed by atoms with Crippen LogP contribution in [-0.2, 0) is 13.0 Å². The number of hydrogen-bond donors (Lipinski definition) is 0. The summed E-state index contributed by atoms with van der Waals surface area (Å²) in [5, 5.41) is 0. The number of likely N-dealkylation sites (tertiary alicyclic amines) is 1. The summed E-state index contributed by atoms with van der Waals surface area (Å²) < 4.78 is 0. The largest absolute Gasteiger partial charge is 0.295 e. The van der Waals surface area contributed by atoms with Crippen LogP contribution in [0.25, 0.3) is 0 Å². The summed E-state index contributed by atoms with van der Waals surface area (Å²) in [6.45, 7) is 4.37. The number of pyridine rings is 1. The molecule has 1 saturated heterocycles. The maximum absolute atomic E-state index is 4.27. The highest BCUT2D eigenvalue weighted by Gasteiger charge is 2.24. The third-order valence-electron chi connectivity index (χ3n) is 4.07. The smallest absolute Gasteiger partial charge is 0.0794 e. The van der Waals surface area contributed by atoms with Gasteiger partial charge in [-0.15, -0.1) is 11.3 Å². The topological polar surface area (TPSA) is 29.0 Å². The van der Waals surface area contributed by atoms with Crippen molar-refractivity contribution in [2.75, 3.05) is 6.54 Å². The van der Waals surface area contributed by atoms with Crippen LogP contribution in [0.15, 0.2) is 30.0 Å². The fourth-order valence-electron chi connectivity index (χ4n) is 3.04. The molecule has 0 N–H and O–H groups in total. The molecular weight excluding hydrogens is 266 g/mol. The van der Waals surface area contributed by atoms with Gasteiger partial charge in [-0.25, -0.2) is 0 Å². The first-order chi connectivity index (χ1) is 9.81. The van der Waals surface area contributed by atoms with Crippen molar-refractivity contribution in [3.8, 4) is 0 Å². The van der Waals surface area contributed by atoms with E-state index >= 15 is 0 Å². The van der Waals surface area contributed by atoms with Crippen molar-refractivity contribution in [2.45, 2.75) is 45.2 Å². The number of nitrogens with zero attached hydrogens (tertiary/aromatic N) is 3. The summed E-state index contributed by atoms with van der Waals surface area (Å²) in [6.07, 6.45) is 9.01. The second-order valence-corrected chi connectivity index (χ2v) is 6.55. The van der Waals surface area contributed by atoms with E-state index in [0.717, 1.165) is 24.7 Å². The number of rotatable bonds is 5. The molecule has 3 rings (SSSR count). The lowest BCUT2D eigenvalue weighted by atomic mass is 10.0. The van der Waals surface area contributed by atoms with E-state index in [1.807, 2.05) is 17.9 Å². The van der Waals surface area contributed by atoms with Gasteiger partial charge in [-0.2, -0.15) is 0 Å². The molecule has 0 aromatic carbocycles. The van der Waals surface area contributed by atoms with Gasteiger partial charge in [0, 0.05) is 35.6 Å². The van der Waals surface area contributed by atoms with Crippen molar-refractivity contribution in [1.29, 1.82) is 0 Å². The van der Waals surface area contributed by atoms with E-state index in [-0.39, 0.29) is 0 Å². The molecular formula is C16H21N3S. The highest BCUT2D eigenvalue weighted by Crippen LogP contribution is 2.24. The molecule has 3 heterocycles. The summed E-state index contributed by atoms with van der Waals surface area (Å²) in [7, 11) is 0. The summed E-state index contributed by atoms with van der Waals surface area (Å²) in [6, 6.07) is 5.09. The first-order valence-electron chi connectivity index (χ1n) is 7.34. The maximum atomic E-state index is 4.27. The molecule has 4 heteroatoms. The van der Waals surface area contributed by atoms with Crippen LogP contribution in [0.2, 0.25) is 0 Å². The van der Waals surface area contributed by atoms with Crippen molar-refractivity contribution >= 4 is 11.3 Å². The molecule has 106 valence electrons. The maximum Gasteiger partial charge on any atom is 0.0794 e. The molecule has 1 aliphatic rings. The monoisotopic (exact) mass is 287 g/mol. The Morgan fingerprint density at radius 1 is 1.45 bits per heavy atom. The first kappa shape index (κ1) is 13.7. The zero-order chi connectivity index (χ0) is 13.8. The highest BCUT2D eigenvalue weighted by atomic mass is 32.1. The molecule has 2 aromatic heterocycles. The normalized spacial score (nSPS) is 19.6. The standard InChI is InChI=1S/C16H21N3S/c1-13-9-14(6-7-18-13)4-5-15-3-2-8-19(15)11-16-10-17-12-20-16/h6-7,9-10,12,15H,2-5,8,11H2,1H3/t15-/m1/s1. The molecule has 1 fully saturated rings. The predicted octanol–water partition coefficient (Wildman–Crippen LogP) is 3.44. The average molecular weight is 287 g/mol. The van der Waals surface area contributed by atoms with Crippen LogP contribution in [-0.4, -0.2) is 27.5 Å². The molecule has 0 radical (unpaired) electrons. The molecule has 0 saturated carbocycles. The Labute approximate surface area is 124 Å². The van der Waals surface area contributed by atoms with Crippen LogP contribution in [0.5, 0.6) is 0 Å². The third-order valence-corrected chi connectivity index (χ3v) is 4.83. The van der Waals surface area contributed by atoms with Crippen molar-refractivity contribution in [1.82, 2.24) is 14.9 Å². The van der Waals surface area contributed by atoms with Gasteiger partial charge in [-0.05, 0) is 56.8 Å². The molecule has 3 nitrogen and oxygen atoms in total. The lowest BCUT2D eigenvalue weighted by Gasteiger charge is -2.23. The van der Waals surface area contributed by atoms with Gasteiger partial charge in [0.1, 0.15) is 0 Å². The van der Waals surface area contributed by atoms with E-state index in [9.17, 15) is 0 Å². The Balaban J connectivity index is 1.56. The summed E-state index contributed by atoms with van der Waals surface area (Å²) in [5.74, 6) is 0. The van der Waals surface area contributed by atoms with Crippen molar-refractivity contribution in [2.24, 2.45) is 0 Å². The van der Waals surface area contributed by atoms with Gasteiger partial charge >= 0.3 is 0 Å². The molecule has 0 bridgehead atoms. The Morgan fingerprint density at radius 2 is 2.40 bits per heavy atom. The summed E-state index contributed by atoms with van der Waals surface area (Å²) in [5.41, 5.74) is 4.47. The Bertz CT molecular complexity index is 538. The minimum atomic E-state index is 0.727. The average Bonchev–Trinajstić information content (AvgIpc) is 3.09. The fraction of sp³-hybridized carbons (Fsp3) is 0.500. The van der Waals surface area contributed by atoms with Crippen LogP contribution >= 0.6 is 11.3 Å². The molecule has 2 aromatic rings. The second kappa shape index (κ2) is 6.46. The van der Waals surface area contributed by atoms with Gasteiger partial charge in [0.05, 0.1) is 5.51 Å². The van der Waals surface area contributed by atoms with Crippen LogP contribution in [0.4, 0.5) is 0 Å². The quantitative estimate of drug-likeness (QED) is 0.843. The van der Waals surface area contributed by atoms with E-state index in [2.05, 4.69) is 33.9 Å². The molecule has 1 atom stereocenters. The van der Waals surface area contributed by atoms with Gasteiger partial charge < -0.3 is 0 Å². The number of hydrogen-bond acceptors (Lipinski definition) is 4. The van der Waals surface area contributed by atoms with Gasteiger partial charge in [-0.3, -0.25) is 14.9 Å². The van der Waals surface area contributed by atoms with E-state index < -0.39 is 0 Å². The van der Waals surface area contributed by atoms with Crippen molar-refractivity contribution < 1.29 is 0 Å². The number of thiazole rings is 1. The number of aryl methyl sites for hydroxylation is 2. The minimum absolute atomic E-state index is 0.727. The molecule has 0 unspecified atom stereocenters.